The van der Waals surface area contributed by atoms with Crippen molar-refractivity contribution in [3.8, 4) is 0 Å². The number of hydrogen-bond acceptors (Lipinski definition) is 6. The summed E-state index contributed by atoms with van der Waals surface area (Å²) in [7, 11) is -18.4. The van der Waals surface area contributed by atoms with Gasteiger partial charge in [-0.3, -0.25) is 0 Å². The molecule has 1 fully saturated rings. The molecule has 0 aliphatic carbocycles. The molecule has 0 aromatic carbocycles. The lowest BCUT2D eigenvalue weighted by Gasteiger charge is -2.60. The second kappa shape index (κ2) is 17.0. The summed E-state index contributed by atoms with van der Waals surface area (Å²) in [4.78, 5) is 0. The van der Waals surface area contributed by atoms with Crippen LogP contribution in [0.4, 0.5) is 0 Å². The predicted molar refractivity (Wildman–Crippen MR) is 222 cm³/mol. The molecule has 0 N–H and O–H groups in total. The lowest BCUT2D eigenvalue weighted by atomic mass is 10.5. The van der Waals surface area contributed by atoms with Crippen LogP contribution in [0.3, 0.4) is 0 Å². The normalized spacial score (nSPS) is 23.2. The van der Waals surface area contributed by atoms with Gasteiger partial charge in [0.05, 0.1) is 0 Å². The van der Waals surface area contributed by atoms with E-state index in [2.05, 4.69) is 166 Å². The molecule has 12 heteroatoms. The van der Waals surface area contributed by atoms with Crippen molar-refractivity contribution in [2.24, 2.45) is 0 Å². The molecular weight excluding hydrogens is 697 g/mol. The topological polar surface area (TPSA) is 55.4 Å². The first kappa shape index (κ1) is 47.1. The van der Waals surface area contributed by atoms with Gasteiger partial charge in [0.2, 0.25) is 0 Å². The Bertz CT molecular complexity index is 722. The van der Waals surface area contributed by atoms with Crippen molar-refractivity contribution in [3.05, 3.63) is 0 Å². The molecule has 1 aliphatic heterocycles. The standard InChI is InChI=1S/C36H84O6Si6/c1-25(2)43(26(3)4)37-44(27(5)6,28(7)8)39-46(31(13)14,32(15)16)41-48(35(21)22,36(23)24)42-47(33(17)18,34(19)20)40-45(38-43,29(9)10)30(11)12/h25-36H,1-24H3. The maximum Gasteiger partial charge on any atom is 0.325 e. The first-order chi connectivity index (χ1) is 21.6. The highest BCUT2D eigenvalue weighted by Crippen LogP contribution is 2.56. The fraction of sp³-hybridized carbons (Fsp3) is 1.00. The number of hydrogen-bond donors (Lipinski definition) is 0. The van der Waals surface area contributed by atoms with Gasteiger partial charge in [-0.15, -0.1) is 0 Å². The smallest absolute Gasteiger partial charge is 0.325 e. The van der Waals surface area contributed by atoms with Crippen LogP contribution in [-0.2, 0) is 24.7 Å². The van der Waals surface area contributed by atoms with E-state index in [1.54, 1.807) is 0 Å². The quantitative estimate of drug-likeness (QED) is 0.184. The molecule has 1 rings (SSSR count). The van der Waals surface area contributed by atoms with Crippen LogP contribution in [0.5, 0.6) is 0 Å². The van der Waals surface area contributed by atoms with E-state index < -0.39 is 51.4 Å². The van der Waals surface area contributed by atoms with Crippen molar-refractivity contribution < 1.29 is 24.7 Å². The average Bonchev–Trinajstić information content (AvgIpc) is 2.91. The summed E-state index contributed by atoms with van der Waals surface area (Å²) in [5, 5.41) is 0. The summed E-state index contributed by atoms with van der Waals surface area (Å²) in [5.74, 6) is 0. The van der Waals surface area contributed by atoms with Crippen molar-refractivity contribution >= 4 is 51.4 Å². The molecule has 1 heterocycles. The molecule has 1 aliphatic rings. The Hall–Kier alpha value is 1.06. The SMILES string of the molecule is CC(C)[Si]1(C(C)C)O[Si](C(C)C)(C(C)C)O[Si](C(C)C)(C(C)C)O[Si](C(C)C)(C(C)C)O[Si](C(C)C)(C(C)C)O[Si](C(C)C)(C(C)C)O1. The van der Waals surface area contributed by atoms with E-state index in [1.807, 2.05) is 0 Å². The summed E-state index contributed by atoms with van der Waals surface area (Å²) in [5.41, 5.74) is 2.40. The molecule has 288 valence electrons. The number of rotatable bonds is 12. The summed E-state index contributed by atoms with van der Waals surface area (Å²) in [6, 6.07) is 0. The molecule has 0 bridgehead atoms. The average molecular weight is 782 g/mol. The van der Waals surface area contributed by atoms with Crippen molar-refractivity contribution in [1.82, 2.24) is 0 Å². The van der Waals surface area contributed by atoms with Crippen LogP contribution in [0.2, 0.25) is 66.5 Å². The van der Waals surface area contributed by atoms with Crippen molar-refractivity contribution in [2.45, 2.75) is 233 Å². The molecule has 0 amide bonds. The monoisotopic (exact) mass is 780 g/mol. The van der Waals surface area contributed by atoms with Crippen molar-refractivity contribution in [2.75, 3.05) is 0 Å². The van der Waals surface area contributed by atoms with Gasteiger partial charge >= 0.3 is 51.4 Å². The van der Waals surface area contributed by atoms with Crippen LogP contribution < -0.4 is 0 Å². The largest absolute Gasteiger partial charge is 0.415 e. The highest BCUT2D eigenvalue weighted by Gasteiger charge is 2.69. The first-order valence-electron chi connectivity index (χ1n) is 19.8. The van der Waals surface area contributed by atoms with Gasteiger partial charge in [-0.2, -0.15) is 0 Å². The highest BCUT2D eigenvalue weighted by atomic mass is 28.5. The van der Waals surface area contributed by atoms with Gasteiger partial charge < -0.3 is 24.7 Å². The van der Waals surface area contributed by atoms with Gasteiger partial charge in [-0.05, 0) is 66.5 Å². The van der Waals surface area contributed by atoms with Gasteiger partial charge in [-0.1, -0.05) is 166 Å². The van der Waals surface area contributed by atoms with Crippen molar-refractivity contribution in [3.63, 3.8) is 0 Å². The Morgan fingerprint density at radius 3 is 0.271 bits per heavy atom. The van der Waals surface area contributed by atoms with Gasteiger partial charge in [-0.25, -0.2) is 0 Å². The van der Waals surface area contributed by atoms with E-state index in [1.165, 1.54) is 0 Å². The third kappa shape index (κ3) is 8.39. The van der Waals surface area contributed by atoms with Gasteiger partial charge in [0.25, 0.3) is 0 Å². The molecule has 0 radical (unpaired) electrons. The maximum absolute atomic E-state index is 8.17. The maximum atomic E-state index is 8.17. The summed E-state index contributed by atoms with van der Waals surface area (Å²) < 4.78 is 49.0. The molecule has 0 spiro atoms. The summed E-state index contributed by atoms with van der Waals surface area (Å²) in [6.45, 7) is 56.1. The Balaban J connectivity index is 4.85. The van der Waals surface area contributed by atoms with Crippen LogP contribution >= 0.6 is 0 Å². The molecule has 0 unspecified atom stereocenters. The first-order valence-corrected chi connectivity index (χ1v) is 31.6. The van der Waals surface area contributed by atoms with Gasteiger partial charge in [0.15, 0.2) is 0 Å². The summed E-state index contributed by atoms with van der Waals surface area (Å²) >= 11 is 0. The Kier molecular flexibility index (Phi) is 16.7. The third-order valence-electron chi connectivity index (χ3n) is 11.6. The minimum absolute atomic E-state index is 0.200. The van der Waals surface area contributed by atoms with Crippen LogP contribution in [0, 0.1) is 0 Å². The van der Waals surface area contributed by atoms with Crippen LogP contribution in [0.1, 0.15) is 166 Å². The summed E-state index contributed by atoms with van der Waals surface area (Å²) in [6.07, 6.45) is 0. The van der Waals surface area contributed by atoms with Crippen LogP contribution in [-0.4, -0.2) is 51.4 Å². The predicted octanol–water partition coefficient (Wildman–Crippen LogP) is 13.7. The second-order valence-corrected chi connectivity index (χ2v) is 46.2. The second-order valence-electron chi connectivity index (χ2n) is 18.8. The van der Waals surface area contributed by atoms with E-state index in [0.717, 1.165) is 0 Å². The van der Waals surface area contributed by atoms with Gasteiger partial charge in [0, 0.05) is 0 Å². The van der Waals surface area contributed by atoms with Crippen LogP contribution in [0.25, 0.3) is 0 Å². The third-order valence-corrected chi connectivity index (χ3v) is 46.2. The van der Waals surface area contributed by atoms with Crippen molar-refractivity contribution in [1.29, 1.82) is 0 Å². The zero-order valence-corrected chi connectivity index (χ0v) is 42.4. The zero-order valence-electron chi connectivity index (χ0n) is 36.4. The molecular formula is C36H84O6Si6. The van der Waals surface area contributed by atoms with Gasteiger partial charge in [0.1, 0.15) is 0 Å². The zero-order chi connectivity index (χ0) is 38.2. The highest BCUT2D eigenvalue weighted by molar-refractivity contribution is 6.98. The Labute approximate surface area is 307 Å². The van der Waals surface area contributed by atoms with E-state index in [9.17, 15) is 0 Å². The molecule has 0 aromatic heterocycles. The molecule has 48 heavy (non-hydrogen) atoms. The molecule has 0 saturated carbocycles. The molecule has 0 atom stereocenters. The molecule has 0 aromatic rings. The Morgan fingerprint density at radius 2 is 0.229 bits per heavy atom. The van der Waals surface area contributed by atoms with E-state index >= 15 is 0 Å². The lowest BCUT2D eigenvalue weighted by molar-refractivity contribution is 0.174. The molecule has 6 nitrogen and oxygen atoms in total. The Morgan fingerprint density at radius 1 is 0.167 bits per heavy atom. The minimum atomic E-state index is -3.06. The van der Waals surface area contributed by atoms with E-state index in [4.69, 9.17) is 24.7 Å². The van der Waals surface area contributed by atoms with E-state index in [-0.39, 0.29) is 66.5 Å². The fourth-order valence-corrected chi connectivity index (χ4v) is 54.3. The van der Waals surface area contributed by atoms with Crippen LogP contribution in [0.15, 0.2) is 0 Å². The minimum Gasteiger partial charge on any atom is -0.415 e. The fourth-order valence-electron chi connectivity index (χ4n) is 8.45. The lowest BCUT2D eigenvalue weighted by Crippen LogP contribution is -2.75. The van der Waals surface area contributed by atoms with E-state index in [0.29, 0.717) is 0 Å². The molecule has 1 saturated heterocycles.